The first-order chi connectivity index (χ1) is 16.4. The van der Waals surface area contributed by atoms with Gasteiger partial charge in [0, 0.05) is 16.1 Å². The van der Waals surface area contributed by atoms with Gasteiger partial charge in [-0.2, -0.15) is 0 Å². The van der Waals surface area contributed by atoms with Crippen LogP contribution < -0.4 is 4.90 Å². The minimum absolute atomic E-state index is 0.180. The van der Waals surface area contributed by atoms with Gasteiger partial charge in [0.05, 0.1) is 28.6 Å². The van der Waals surface area contributed by atoms with Crippen molar-refractivity contribution in [2.24, 2.45) is 11.8 Å². The number of imide groups is 1. The molecule has 6 rings (SSSR count). The summed E-state index contributed by atoms with van der Waals surface area (Å²) in [7, 11) is 0. The number of Topliss-reactive ketones (excluding diaryl/α,β-unsaturated/α-hetero) is 2. The summed E-state index contributed by atoms with van der Waals surface area (Å²) in [5.41, 5.74) is -1.02. The zero-order valence-corrected chi connectivity index (χ0v) is 18.9. The third-order valence-corrected chi connectivity index (χ3v) is 7.38. The maximum atomic E-state index is 13.8. The van der Waals surface area contributed by atoms with E-state index in [1.807, 2.05) is 0 Å². The molecule has 34 heavy (non-hydrogen) atoms. The number of anilines is 1. The highest BCUT2D eigenvalue weighted by molar-refractivity contribution is 6.39. The van der Waals surface area contributed by atoms with Crippen molar-refractivity contribution < 1.29 is 23.9 Å². The normalized spacial score (nSPS) is 24.8. The Morgan fingerprint density at radius 2 is 1.32 bits per heavy atom. The van der Waals surface area contributed by atoms with Crippen molar-refractivity contribution in [3.8, 4) is 0 Å². The summed E-state index contributed by atoms with van der Waals surface area (Å²) in [4.78, 5) is 55.9. The number of carbonyl (C=O) groups excluding carboxylic acids is 4. The number of benzene rings is 3. The molecule has 2 aliphatic heterocycles. The third kappa shape index (κ3) is 2.61. The van der Waals surface area contributed by atoms with Crippen LogP contribution in [-0.4, -0.2) is 29.0 Å². The van der Waals surface area contributed by atoms with Crippen LogP contribution >= 0.6 is 23.2 Å². The molecule has 0 radical (unpaired) electrons. The molecule has 0 bridgehead atoms. The molecule has 2 heterocycles. The fourth-order valence-electron chi connectivity index (χ4n) is 5.34. The Labute approximate surface area is 204 Å². The topological polar surface area (TPSA) is 80.8 Å². The number of amides is 2. The summed E-state index contributed by atoms with van der Waals surface area (Å²) >= 11 is 12.4. The van der Waals surface area contributed by atoms with Gasteiger partial charge in [0.2, 0.25) is 29.0 Å². The summed E-state index contributed by atoms with van der Waals surface area (Å²) in [5.74, 6) is -4.90. The lowest BCUT2D eigenvalue weighted by molar-refractivity contribution is -0.127. The summed E-state index contributed by atoms with van der Waals surface area (Å²) < 4.78 is 6.22. The monoisotopic (exact) mass is 491 g/mol. The van der Waals surface area contributed by atoms with Gasteiger partial charge in [-0.3, -0.25) is 19.2 Å². The molecule has 3 aromatic rings. The van der Waals surface area contributed by atoms with Gasteiger partial charge in [-0.15, -0.1) is 0 Å². The third-order valence-electron chi connectivity index (χ3n) is 6.81. The predicted octanol–water partition coefficient (Wildman–Crippen LogP) is 4.69. The highest BCUT2D eigenvalue weighted by Crippen LogP contribution is 2.58. The lowest BCUT2D eigenvalue weighted by Crippen LogP contribution is -2.51. The van der Waals surface area contributed by atoms with Crippen LogP contribution in [0.5, 0.6) is 0 Å². The highest BCUT2D eigenvalue weighted by atomic mass is 35.5. The van der Waals surface area contributed by atoms with E-state index in [0.717, 1.165) is 4.90 Å². The summed E-state index contributed by atoms with van der Waals surface area (Å²) in [6.07, 6.45) is -1.01. The molecule has 3 aromatic carbocycles. The molecule has 1 spiro atoms. The summed E-state index contributed by atoms with van der Waals surface area (Å²) in [6.45, 7) is 0. The number of carbonyl (C=O) groups is 4. The first-order valence-corrected chi connectivity index (χ1v) is 11.4. The van der Waals surface area contributed by atoms with E-state index in [1.54, 1.807) is 60.7 Å². The van der Waals surface area contributed by atoms with Gasteiger partial charge in [0.1, 0.15) is 0 Å². The maximum Gasteiger partial charge on any atom is 0.241 e. The van der Waals surface area contributed by atoms with Crippen molar-refractivity contribution in [1.82, 2.24) is 0 Å². The van der Waals surface area contributed by atoms with Crippen molar-refractivity contribution in [3.05, 3.63) is 99.5 Å². The Morgan fingerprint density at radius 1 is 0.735 bits per heavy atom. The van der Waals surface area contributed by atoms with Crippen molar-refractivity contribution in [2.45, 2.75) is 11.7 Å². The van der Waals surface area contributed by atoms with E-state index in [0.29, 0.717) is 10.6 Å². The quantitative estimate of drug-likeness (QED) is 0.383. The number of halogens is 2. The van der Waals surface area contributed by atoms with E-state index in [2.05, 4.69) is 0 Å². The highest BCUT2D eigenvalue weighted by Gasteiger charge is 2.74. The molecule has 168 valence electrons. The van der Waals surface area contributed by atoms with E-state index in [4.69, 9.17) is 27.9 Å². The molecule has 0 N–H and O–H groups in total. The number of nitrogens with zero attached hydrogens (tertiary/aromatic N) is 1. The van der Waals surface area contributed by atoms with Crippen molar-refractivity contribution in [2.75, 3.05) is 4.90 Å². The molecule has 6 nitrogen and oxygen atoms in total. The first kappa shape index (κ1) is 21.2. The Kier molecular flexibility index (Phi) is 4.58. The van der Waals surface area contributed by atoms with Gasteiger partial charge in [-0.05, 0) is 29.8 Å². The standard InChI is InChI=1S/C26H15Cl2NO5/c27-14-11-9-13(10-12-14)21-19-20(25(33)29(24(19)32)18-8-4-3-7-17(18)28)26(34-21)22(30)15-5-1-2-6-16(15)23(26)31/h1-12,19-21H/t19-,20+,21-/m0/s1. The zero-order valence-electron chi connectivity index (χ0n) is 17.4. The van der Waals surface area contributed by atoms with Gasteiger partial charge >= 0.3 is 0 Å². The minimum atomic E-state index is -2.12. The second kappa shape index (κ2) is 7.34. The van der Waals surface area contributed by atoms with E-state index >= 15 is 0 Å². The average molecular weight is 492 g/mol. The SMILES string of the molecule is O=C1[C@@H]2[C@H](c3ccc(Cl)cc3)OC3(C(=O)c4ccccc4C3=O)[C@H]2C(=O)N1c1ccccc1Cl. The number of fused-ring (bicyclic) bond motifs is 3. The van der Waals surface area contributed by atoms with Crippen LogP contribution in [0.25, 0.3) is 0 Å². The minimum Gasteiger partial charge on any atom is -0.349 e. The average Bonchev–Trinajstić information content (AvgIpc) is 3.40. The van der Waals surface area contributed by atoms with Crippen LogP contribution in [0.15, 0.2) is 72.8 Å². The summed E-state index contributed by atoms with van der Waals surface area (Å²) in [5, 5.41) is 0.675. The number of rotatable bonds is 2. The Hall–Kier alpha value is -3.32. The van der Waals surface area contributed by atoms with Crippen LogP contribution in [0, 0.1) is 11.8 Å². The first-order valence-electron chi connectivity index (χ1n) is 10.6. The smallest absolute Gasteiger partial charge is 0.241 e. The van der Waals surface area contributed by atoms with Crippen LogP contribution in [0.3, 0.4) is 0 Å². The van der Waals surface area contributed by atoms with Gasteiger partial charge in [0.15, 0.2) is 0 Å². The fraction of sp³-hybridized carbons (Fsp3) is 0.154. The summed E-state index contributed by atoms with van der Waals surface area (Å²) in [6, 6.07) is 19.4. The van der Waals surface area contributed by atoms with E-state index < -0.39 is 46.9 Å². The van der Waals surface area contributed by atoms with Crippen LogP contribution in [0.4, 0.5) is 5.69 Å². The van der Waals surface area contributed by atoms with Gasteiger partial charge in [0.25, 0.3) is 0 Å². The molecule has 2 fully saturated rings. The zero-order chi connectivity index (χ0) is 23.8. The Bertz CT molecular complexity index is 1380. The number of para-hydroxylation sites is 1. The fourth-order valence-corrected chi connectivity index (χ4v) is 5.69. The number of ether oxygens (including phenoxy) is 1. The second-order valence-corrected chi connectivity index (χ2v) is 9.34. The lowest BCUT2D eigenvalue weighted by Gasteiger charge is -2.27. The second-order valence-electron chi connectivity index (χ2n) is 8.50. The molecular formula is C26H15Cl2NO5. The van der Waals surface area contributed by atoms with Crippen LogP contribution in [-0.2, 0) is 14.3 Å². The molecular weight excluding hydrogens is 477 g/mol. The Morgan fingerprint density at radius 3 is 1.94 bits per heavy atom. The van der Waals surface area contributed by atoms with E-state index in [1.165, 1.54) is 12.1 Å². The van der Waals surface area contributed by atoms with Crippen LogP contribution in [0.1, 0.15) is 32.4 Å². The largest absolute Gasteiger partial charge is 0.349 e. The number of ketones is 2. The van der Waals surface area contributed by atoms with Crippen molar-refractivity contribution in [1.29, 1.82) is 0 Å². The van der Waals surface area contributed by atoms with Crippen molar-refractivity contribution >= 4 is 52.3 Å². The van der Waals surface area contributed by atoms with Crippen LogP contribution in [0.2, 0.25) is 10.0 Å². The molecule has 0 unspecified atom stereocenters. The molecule has 8 heteroatoms. The van der Waals surface area contributed by atoms with E-state index in [-0.39, 0.29) is 21.8 Å². The maximum absolute atomic E-state index is 13.8. The molecule has 3 atom stereocenters. The van der Waals surface area contributed by atoms with Gasteiger partial charge in [-0.25, -0.2) is 4.90 Å². The number of hydrogen-bond acceptors (Lipinski definition) is 5. The van der Waals surface area contributed by atoms with E-state index in [9.17, 15) is 19.2 Å². The Balaban J connectivity index is 1.56. The molecule has 0 saturated carbocycles. The molecule has 3 aliphatic rings. The lowest BCUT2D eigenvalue weighted by atomic mass is 9.77. The number of hydrogen-bond donors (Lipinski definition) is 0. The van der Waals surface area contributed by atoms with Gasteiger partial charge < -0.3 is 4.74 Å². The predicted molar refractivity (Wildman–Crippen MR) is 124 cm³/mol. The molecule has 0 aromatic heterocycles. The van der Waals surface area contributed by atoms with Gasteiger partial charge in [-0.1, -0.05) is 71.7 Å². The van der Waals surface area contributed by atoms with Crippen molar-refractivity contribution in [3.63, 3.8) is 0 Å². The molecule has 2 saturated heterocycles. The molecule has 2 amide bonds. The molecule has 1 aliphatic carbocycles.